The van der Waals surface area contributed by atoms with Crippen molar-refractivity contribution < 1.29 is 4.92 Å². The van der Waals surface area contributed by atoms with Crippen LogP contribution in [-0.2, 0) is 0 Å². The summed E-state index contributed by atoms with van der Waals surface area (Å²) in [6.45, 7) is 4.38. The fourth-order valence-corrected chi connectivity index (χ4v) is 1.91. The minimum Gasteiger partial charge on any atom is -0.354 e. The smallest absolute Gasteiger partial charge is 0.332 e. The van der Waals surface area contributed by atoms with E-state index in [-0.39, 0.29) is 22.5 Å². The van der Waals surface area contributed by atoms with Gasteiger partial charge in [-0.2, -0.15) is 4.98 Å². The van der Waals surface area contributed by atoms with E-state index in [9.17, 15) is 10.1 Å². The average Bonchev–Trinajstić information content (AvgIpc) is 2.27. The maximum absolute atomic E-state index is 11.0. The SMILES string of the molecule is CCCCCN(C)c1nc(Cl)nc(C)c1[N+](=O)[O-]. The molecule has 0 unspecified atom stereocenters. The van der Waals surface area contributed by atoms with Gasteiger partial charge in [0.1, 0.15) is 5.69 Å². The largest absolute Gasteiger partial charge is 0.354 e. The van der Waals surface area contributed by atoms with Crippen molar-refractivity contribution in [1.82, 2.24) is 9.97 Å². The van der Waals surface area contributed by atoms with Crippen LogP contribution in [0.3, 0.4) is 0 Å². The minimum absolute atomic E-state index is 0.0374. The van der Waals surface area contributed by atoms with Crippen molar-refractivity contribution in [2.24, 2.45) is 0 Å². The van der Waals surface area contributed by atoms with Crippen LogP contribution in [0.15, 0.2) is 0 Å². The predicted octanol–water partition coefficient (Wildman–Crippen LogP) is 2.97. The third-order valence-corrected chi connectivity index (χ3v) is 2.82. The summed E-state index contributed by atoms with van der Waals surface area (Å²) in [4.78, 5) is 20.1. The molecule has 0 spiro atoms. The number of halogens is 1. The molecule has 0 saturated carbocycles. The van der Waals surface area contributed by atoms with E-state index >= 15 is 0 Å². The standard InChI is InChI=1S/C11H17ClN4O2/c1-4-5-6-7-15(3)10-9(16(17)18)8(2)13-11(12)14-10/h4-7H2,1-3H3. The van der Waals surface area contributed by atoms with Crippen LogP contribution in [0.2, 0.25) is 5.28 Å². The molecule has 0 fully saturated rings. The molecule has 0 bridgehead atoms. The number of aryl methyl sites for hydroxylation is 1. The normalized spacial score (nSPS) is 10.4. The Labute approximate surface area is 111 Å². The van der Waals surface area contributed by atoms with Gasteiger partial charge in [-0.15, -0.1) is 0 Å². The summed E-state index contributed by atoms with van der Waals surface area (Å²) >= 11 is 5.76. The molecule has 0 atom stereocenters. The molecule has 0 aromatic carbocycles. The number of hydrogen-bond acceptors (Lipinski definition) is 5. The van der Waals surface area contributed by atoms with Crippen LogP contribution < -0.4 is 4.90 Å². The van der Waals surface area contributed by atoms with Crippen LogP contribution in [0.5, 0.6) is 0 Å². The Morgan fingerprint density at radius 3 is 2.61 bits per heavy atom. The molecule has 1 aromatic rings. The van der Waals surface area contributed by atoms with Crippen LogP contribution >= 0.6 is 11.6 Å². The van der Waals surface area contributed by atoms with Crippen LogP contribution in [0.25, 0.3) is 0 Å². The first-order valence-electron chi connectivity index (χ1n) is 5.87. The van der Waals surface area contributed by atoms with Gasteiger partial charge in [-0.1, -0.05) is 19.8 Å². The van der Waals surface area contributed by atoms with Crippen molar-refractivity contribution >= 4 is 23.1 Å². The van der Waals surface area contributed by atoms with Crippen LogP contribution in [-0.4, -0.2) is 28.5 Å². The fourth-order valence-electron chi connectivity index (χ4n) is 1.70. The molecule has 1 rings (SSSR count). The van der Waals surface area contributed by atoms with Gasteiger partial charge >= 0.3 is 5.69 Å². The van der Waals surface area contributed by atoms with Gasteiger partial charge in [0, 0.05) is 13.6 Å². The Balaban J connectivity index is 3.02. The third kappa shape index (κ3) is 3.53. The molecule has 0 saturated heterocycles. The third-order valence-electron chi connectivity index (χ3n) is 2.65. The van der Waals surface area contributed by atoms with E-state index in [1.807, 2.05) is 0 Å². The lowest BCUT2D eigenvalue weighted by atomic mass is 10.2. The highest BCUT2D eigenvalue weighted by atomic mass is 35.5. The summed E-state index contributed by atoms with van der Waals surface area (Å²) in [5, 5.41) is 11.1. The van der Waals surface area contributed by atoms with Crippen LogP contribution in [0.1, 0.15) is 31.9 Å². The maximum Gasteiger partial charge on any atom is 0.332 e. The van der Waals surface area contributed by atoms with Gasteiger partial charge in [0.05, 0.1) is 4.92 Å². The van der Waals surface area contributed by atoms with Crippen LogP contribution in [0.4, 0.5) is 11.5 Å². The molecular weight excluding hydrogens is 256 g/mol. The Kier molecular flexibility index (Phi) is 5.27. The van der Waals surface area contributed by atoms with E-state index in [0.29, 0.717) is 6.54 Å². The number of hydrogen-bond donors (Lipinski definition) is 0. The Morgan fingerprint density at radius 2 is 2.06 bits per heavy atom. The lowest BCUT2D eigenvalue weighted by Gasteiger charge is -2.18. The molecule has 0 radical (unpaired) electrons. The van der Waals surface area contributed by atoms with Crippen molar-refractivity contribution in [2.45, 2.75) is 33.1 Å². The molecule has 1 aromatic heterocycles. The summed E-state index contributed by atoms with van der Waals surface area (Å²) < 4.78 is 0. The second-order valence-corrected chi connectivity index (χ2v) is 4.47. The first-order chi connectivity index (χ1) is 8.47. The number of unbranched alkanes of at least 4 members (excludes halogenated alkanes) is 2. The second-order valence-electron chi connectivity index (χ2n) is 4.14. The summed E-state index contributed by atoms with van der Waals surface area (Å²) in [5.41, 5.74) is 0.218. The lowest BCUT2D eigenvalue weighted by molar-refractivity contribution is -0.385. The number of anilines is 1. The van der Waals surface area contributed by atoms with Gasteiger partial charge < -0.3 is 4.90 Å². The molecule has 6 nitrogen and oxygen atoms in total. The molecule has 0 aliphatic heterocycles. The number of rotatable bonds is 6. The first kappa shape index (κ1) is 14.6. The highest BCUT2D eigenvalue weighted by molar-refractivity contribution is 6.28. The quantitative estimate of drug-likeness (QED) is 0.344. The molecular formula is C11H17ClN4O2. The Morgan fingerprint density at radius 1 is 1.39 bits per heavy atom. The molecule has 0 amide bonds. The molecule has 0 aliphatic rings. The van der Waals surface area contributed by atoms with Gasteiger partial charge in [-0.3, -0.25) is 10.1 Å². The summed E-state index contributed by atoms with van der Waals surface area (Å²) in [6, 6.07) is 0. The van der Waals surface area contributed by atoms with Crippen molar-refractivity contribution in [3.63, 3.8) is 0 Å². The molecule has 100 valence electrons. The zero-order chi connectivity index (χ0) is 13.7. The molecule has 1 heterocycles. The van der Waals surface area contributed by atoms with E-state index in [1.165, 1.54) is 0 Å². The van der Waals surface area contributed by atoms with Gasteiger partial charge in [0.25, 0.3) is 0 Å². The monoisotopic (exact) mass is 272 g/mol. The number of nitrogens with zero attached hydrogens (tertiary/aromatic N) is 4. The summed E-state index contributed by atoms with van der Waals surface area (Å²) in [7, 11) is 1.78. The topological polar surface area (TPSA) is 72.2 Å². The van der Waals surface area contributed by atoms with E-state index < -0.39 is 4.92 Å². The van der Waals surface area contributed by atoms with Crippen molar-refractivity contribution in [3.05, 3.63) is 21.1 Å². The van der Waals surface area contributed by atoms with Gasteiger partial charge in [0.15, 0.2) is 0 Å². The van der Waals surface area contributed by atoms with Gasteiger partial charge in [-0.05, 0) is 24.9 Å². The van der Waals surface area contributed by atoms with Gasteiger partial charge in [-0.25, -0.2) is 4.98 Å². The summed E-state index contributed by atoms with van der Waals surface area (Å²) in [5.74, 6) is 0.286. The first-order valence-corrected chi connectivity index (χ1v) is 6.24. The second kappa shape index (κ2) is 6.49. The molecule has 7 heteroatoms. The van der Waals surface area contributed by atoms with Crippen molar-refractivity contribution in [1.29, 1.82) is 0 Å². The highest BCUT2D eigenvalue weighted by Crippen LogP contribution is 2.29. The van der Waals surface area contributed by atoms with Crippen molar-refractivity contribution in [2.75, 3.05) is 18.5 Å². The van der Waals surface area contributed by atoms with E-state index in [2.05, 4.69) is 16.9 Å². The summed E-state index contributed by atoms with van der Waals surface area (Å²) in [6.07, 6.45) is 3.14. The Hall–Kier alpha value is -1.43. The van der Waals surface area contributed by atoms with E-state index in [0.717, 1.165) is 19.3 Å². The predicted molar refractivity (Wildman–Crippen MR) is 71.2 cm³/mol. The average molecular weight is 273 g/mol. The maximum atomic E-state index is 11.0. The highest BCUT2D eigenvalue weighted by Gasteiger charge is 2.24. The van der Waals surface area contributed by atoms with E-state index in [4.69, 9.17) is 11.6 Å². The molecule has 18 heavy (non-hydrogen) atoms. The fraction of sp³-hybridized carbons (Fsp3) is 0.636. The zero-order valence-electron chi connectivity index (χ0n) is 10.8. The lowest BCUT2D eigenvalue weighted by Crippen LogP contribution is -2.21. The van der Waals surface area contributed by atoms with E-state index in [1.54, 1.807) is 18.9 Å². The van der Waals surface area contributed by atoms with Crippen molar-refractivity contribution in [3.8, 4) is 0 Å². The number of aromatic nitrogens is 2. The zero-order valence-corrected chi connectivity index (χ0v) is 11.6. The minimum atomic E-state index is -0.461. The number of nitro groups is 1. The molecule has 0 aliphatic carbocycles. The Bertz CT molecular complexity index is 439. The molecule has 0 N–H and O–H groups in total. The van der Waals surface area contributed by atoms with Crippen LogP contribution in [0, 0.1) is 17.0 Å². The van der Waals surface area contributed by atoms with Gasteiger partial charge in [0.2, 0.25) is 11.1 Å².